The predicted octanol–water partition coefficient (Wildman–Crippen LogP) is 1.36. The maximum absolute atomic E-state index is 12.7. The van der Waals surface area contributed by atoms with Gasteiger partial charge in [-0.15, -0.1) is 0 Å². The van der Waals surface area contributed by atoms with Crippen LogP contribution in [0.25, 0.3) is 10.9 Å². The van der Waals surface area contributed by atoms with Crippen LogP contribution in [0.15, 0.2) is 48.5 Å². The average molecular weight is 516 g/mol. The summed E-state index contributed by atoms with van der Waals surface area (Å²) in [7, 11) is -4.06. The number of carboxylic acid groups (broad SMARTS) is 1. The van der Waals surface area contributed by atoms with Crippen molar-refractivity contribution in [2.75, 3.05) is 12.4 Å². The lowest BCUT2D eigenvalue weighted by atomic mass is 10.1. The van der Waals surface area contributed by atoms with Crippen LogP contribution in [0.4, 0.5) is 0 Å². The van der Waals surface area contributed by atoms with E-state index < -0.39 is 45.9 Å². The van der Waals surface area contributed by atoms with Gasteiger partial charge in [0.1, 0.15) is 5.75 Å². The highest BCUT2D eigenvalue weighted by Crippen LogP contribution is 2.34. The lowest BCUT2D eigenvalue weighted by Crippen LogP contribution is -2.36. The van der Waals surface area contributed by atoms with Gasteiger partial charge in [-0.05, 0) is 31.0 Å². The van der Waals surface area contributed by atoms with Crippen molar-refractivity contribution in [1.82, 2.24) is 9.29 Å². The number of carbonyl (C=O) groups is 4. The molecule has 0 unspecified atom stereocenters. The number of primary amides is 1. The number of ether oxygens (including phenoxy) is 1. The number of carbonyl (C=O) groups excluding carboxylic acids is 3. The molecule has 190 valence electrons. The van der Waals surface area contributed by atoms with Gasteiger partial charge in [0.2, 0.25) is 10.0 Å². The number of nitrogens with one attached hydrogen (secondary N) is 1. The fourth-order valence-corrected chi connectivity index (χ4v) is 4.83. The van der Waals surface area contributed by atoms with E-state index in [0.717, 1.165) is 5.56 Å². The standard InChI is InChI=1S/C24H25N3O8S/c1-15-21(23(31)24(25)32)22-17(27(15)13-16-7-3-2-4-8-16)9-5-10-18(22)35-14-19(28)26-36(33,34)12-6-11-20(29)30/h2-5,7-10H,6,11-14H2,1H3,(H2,25,32)(H,26,28)(H,29,30). The molecule has 0 aliphatic rings. The Balaban J connectivity index is 1.90. The van der Waals surface area contributed by atoms with E-state index >= 15 is 0 Å². The predicted molar refractivity (Wildman–Crippen MR) is 130 cm³/mol. The summed E-state index contributed by atoms with van der Waals surface area (Å²) in [5, 5.41) is 8.90. The lowest BCUT2D eigenvalue weighted by molar-refractivity contribution is -0.137. The first kappa shape index (κ1) is 26.4. The van der Waals surface area contributed by atoms with Crippen LogP contribution >= 0.6 is 0 Å². The Bertz CT molecular complexity index is 1430. The summed E-state index contributed by atoms with van der Waals surface area (Å²) < 4.78 is 33.2. The van der Waals surface area contributed by atoms with Crippen LogP contribution in [0.2, 0.25) is 0 Å². The first-order valence-electron chi connectivity index (χ1n) is 10.9. The fourth-order valence-electron chi connectivity index (χ4n) is 3.79. The van der Waals surface area contributed by atoms with Crippen molar-refractivity contribution >= 4 is 44.5 Å². The maximum Gasteiger partial charge on any atom is 0.303 e. The minimum atomic E-state index is -4.06. The van der Waals surface area contributed by atoms with E-state index in [4.69, 9.17) is 15.6 Å². The summed E-state index contributed by atoms with van der Waals surface area (Å²) in [6.07, 6.45) is -0.519. The summed E-state index contributed by atoms with van der Waals surface area (Å²) in [5.74, 6) is -4.66. The van der Waals surface area contributed by atoms with Gasteiger partial charge in [-0.3, -0.25) is 23.9 Å². The molecule has 3 rings (SSSR count). The number of amides is 2. The molecule has 0 bridgehead atoms. The Labute approximate surface area is 206 Å². The molecule has 1 heterocycles. The van der Waals surface area contributed by atoms with Crippen LogP contribution in [-0.2, 0) is 31.0 Å². The zero-order valence-electron chi connectivity index (χ0n) is 19.4. The monoisotopic (exact) mass is 515 g/mol. The number of Topliss-reactive ketones (excluding diaryl/α,β-unsaturated/α-hetero) is 1. The molecule has 3 aromatic rings. The van der Waals surface area contributed by atoms with E-state index in [9.17, 15) is 27.6 Å². The molecule has 11 nitrogen and oxygen atoms in total. The molecule has 0 aliphatic carbocycles. The van der Waals surface area contributed by atoms with Crippen molar-refractivity contribution in [2.45, 2.75) is 26.3 Å². The number of aliphatic carboxylic acids is 1. The Morgan fingerprint density at radius 2 is 1.75 bits per heavy atom. The number of ketones is 1. The van der Waals surface area contributed by atoms with Gasteiger partial charge in [-0.1, -0.05) is 36.4 Å². The first-order chi connectivity index (χ1) is 17.0. The van der Waals surface area contributed by atoms with Gasteiger partial charge < -0.3 is 20.1 Å². The highest BCUT2D eigenvalue weighted by atomic mass is 32.2. The number of benzene rings is 2. The molecule has 0 saturated heterocycles. The topological polar surface area (TPSA) is 175 Å². The van der Waals surface area contributed by atoms with Crippen molar-refractivity contribution in [3.05, 3.63) is 65.4 Å². The number of carboxylic acids is 1. The zero-order chi connectivity index (χ0) is 26.5. The number of rotatable bonds is 12. The van der Waals surface area contributed by atoms with Gasteiger partial charge >= 0.3 is 5.97 Å². The third-order valence-electron chi connectivity index (χ3n) is 5.38. The second-order valence-electron chi connectivity index (χ2n) is 8.01. The molecule has 0 spiro atoms. The molecule has 0 fully saturated rings. The zero-order valence-corrected chi connectivity index (χ0v) is 20.2. The molecular weight excluding hydrogens is 490 g/mol. The highest BCUT2D eigenvalue weighted by Gasteiger charge is 2.26. The van der Waals surface area contributed by atoms with Crippen LogP contribution in [0.3, 0.4) is 0 Å². The maximum atomic E-state index is 12.7. The van der Waals surface area contributed by atoms with Crippen molar-refractivity contribution < 1.29 is 37.4 Å². The molecule has 1 aromatic heterocycles. The largest absolute Gasteiger partial charge is 0.483 e. The summed E-state index contributed by atoms with van der Waals surface area (Å²) >= 11 is 0. The highest BCUT2D eigenvalue weighted by molar-refractivity contribution is 7.90. The normalized spacial score (nSPS) is 11.2. The quantitative estimate of drug-likeness (QED) is 0.239. The second-order valence-corrected chi connectivity index (χ2v) is 9.85. The Kier molecular flexibility index (Phi) is 8.10. The summed E-state index contributed by atoms with van der Waals surface area (Å²) in [6, 6.07) is 14.3. The second kappa shape index (κ2) is 11.0. The van der Waals surface area contributed by atoms with Gasteiger partial charge in [0.15, 0.2) is 6.61 Å². The molecule has 4 N–H and O–H groups in total. The van der Waals surface area contributed by atoms with Gasteiger partial charge in [0.25, 0.3) is 17.6 Å². The van der Waals surface area contributed by atoms with Crippen molar-refractivity contribution in [2.24, 2.45) is 5.73 Å². The van der Waals surface area contributed by atoms with Crippen LogP contribution in [0.5, 0.6) is 5.75 Å². The van der Waals surface area contributed by atoms with Gasteiger partial charge in [-0.25, -0.2) is 8.42 Å². The van der Waals surface area contributed by atoms with Gasteiger partial charge in [0.05, 0.1) is 22.2 Å². The molecule has 0 aliphatic heterocycles. The Morgan fingerprint density at radius 1 is 1.06 bits per heavy atom. The number of sulfonamides is 1. The van der Waals surface area contributed by atoms with E-state index in [1.54, 1.807) is 19.1 Å². The van der Waals surface area contributed by atoms with E-state index in [2.05, 4.69) is 0 Å². The number of nitrogens with two attached hydrogens (primary N) is 1. The fraction of sp³-hybridized carbons (Fsp3) is 0.250. The molecule has 2 amide bonds. The van der Waals surface area contributed by atoms with Crippen LogP contribution in [-0.4, -0.2) is 54.0 Å². The first-order valence-corrected chi connectivity index (χ1v) is 12.5. The Morgan fingerprint density at radius 3 is 2.39 bits per heavy atom. The van der Waals surface area contributed by atoms with E-state index in [0.29, 0.717) is 17.8 Å². The van der Waals surface area contributed by atoms with Crippen molar-refractivity contribution in [1.29, 1.82) is 0 Å². The van der Waals surface area contributed by atoms with Crippen LogP contribution in [0.1, 0.15) is 34.5 Å². The number of fused-ring (bicyclic) bond motifs is 1. The molecule has 0 saturated carbocycles. The van der Waals surface area contributed by atoms with Gasteiger partial charge in [0, 0.05) is 18.7 Å². The SMILES string of the molecule is Cc1c(C(=O)C(N)=O)c2c(OCC(=O)NS(=O)(=O)CCCC(=O)O)cccc2n1Cc1ccccc1. The summed E-state index contributed by atoms with van der Waals surface area (Å²) in [5.41, 5.74) is 7.28. The third kappa shape index (κ3) is 6.27. The molecular formula is C24H25N3O8S. The Hall–Kier alpha value is -4.19. The smallest absolute Gasteiger partial charge is 0.303 e. The molecule has 0 radical (unpaired) electrons. The van der Waals surface area contributed by atoms with Crippen LogP contribution < -0.4 is 15.2 Å². The molecule has 0 atom stereocenters. The molecule has 2 aromatic carbocycles. The van der Waals surface area contributed by atoms with Gasteiger partial charge in [-0.2, -0.15) is 0 Å². The van der Waals surface area contributed by atoms with E-state index in [1.807, 2.05) is 39.6 Å². The van der Waals surface area contributed by atoms with Crippen molar-refractivity contribution in [3.8, 4) is 5.75 Å². The molecule has 36 heavy (non-hydrogen) atoms. The lowest BCUT2D eigenvalue weighted by Gasteiger charge is -2.11. The summed E-state index contributed by atoms with van der Waals surface area (Å²) in [4.78, 5) is 47.3. The van der Waals surface area contributed by atoms with E-state index in [1.165, 1.54) is 6.07 Å². The van der Waals surface area contributed by atoms with Crippen LogP contribution in [0, 0.1) is 6.92 Å². The number of nitrogens with zero attached hydrogens (tertiary/aromatic N) is 1. The van der Waals surface area contributed by atoms with Crippen molar-refractivity contribution in [3.63, 3.8) is 0 Å². The van der Waals surface area contributed by atoms with E-state index in [-0.39, 0.29) is 29.5 Å². The number of hydrogen-bond donors (Lipinski definition) is 3. The third-order valence-corrected chi connectivity index (χ3v) is 6.74. The summed E-state index contributed by atoms with van der Waals surface area (Å²) in [6.45, 7) is 1.34. The average Bonchev–Trinajstić information content (AvgIpc) is 3.08. The minimum absolute atomic E-state index is 0.0331. The number of hydrogen-bond acceptors (Lipinski definition) is 7. The number of aromatic nitrogens is 1. The minimum Gasteiger partial charge on any atom is -0.483 e. The molecule has 12 heteroatoms.